The van der Waals surface area contributed by atoms with Gasteiger partial charge in [-0.3, -0.25) is 4.90 Å². The highest BCUT2D eigenvalue weighted by molar-refractivity contribution is 5.85. The number of aromatic nitrogens is 4. The van der Waals surface area contributed by atoms with Crippen molar-refractivity contribution < 1.29 is 0 Å². The topological polar surface area (TPSA) is 50.1 Å². The Labute approximate surface area is 181 Å². The Balaban J connectivity index is 0.00000240. The lowest BCUT2D eigenvalue weighted by atomic mass is 10.1. The van der Waals surface area contributed by atoms with Gasteiger partial charge in [0.05, 0.1) is 12.1 Å². The molecular formula is C22H35ClN6. The first kappa shape index (κ1) is 22.0. The van der Waals surface area contributed by atoms with Crippen LogP contribution in [0.15, 0.2) is 18.2 Å². The second-order valence-electron chi connectivity index (χ2n) is 8.54. The first-order chi connectivity index (χ1) is 13.7. The SMILES string of the molecule is CCCC(c1nnnn1C1CCCC1)N1CCN(c2cc(C)ccc2C)CC1.Cl. The number of tetrazole rings is 1. The molecule has 1 aromatic heterocycles. The summed E-state index contributed by atoms with van der Waals surface area (Å²) in [5.41, 5.74) is 4.10. The van der Waals surface area contributed by atoms with Crippen LogP contribution in [0.1, 0.15) is 74.5 Å². The molecule has 1 saturated carbocycles. The van der Waals surface area contributed by atoms with Gasteiger partial charge in [0.1, 0.15) is 0 Å². The highest BCUT2D eigenvalue weighted by Gasteiger charge is 2.31. The number of rotatable bonds is 6. The average Bonchev–Trinajstić information content (AvgIpc) is 3.40. The van der Waals surface area contributed by atoms with Crippen LogP contribution in [0.4, 0.5) is 5.69 Å². The van der Waals surface area contributed by atoms with Gasteiger partial charge in [-0.1, -0.05) is 38.3 Å². The lowest BCUT2D eigenvalue weighted by Crippen LogP contribution is -2.48. The van der Waals surface area contributed by atoms with Crippen molar-refractivity contribution in [2.45, 2.75) is 71.4 Å². The Hall–Kier alpha value is -1.66. The van der Waals surface area contributed by atoms with Crippen molar-refractivity contribution in [3.63, 3.8) is 0 Å². The minimum atomic E-state index is 0. The highest BCUT2D eigenvalue weighted by Crippen LogP contribution is 2.33. The van der Waals surface area contributed by atoms with E-state index in [4.69, 9.17) is 0 Å². The van der Waals surface area contributed by atoms with Crippen LogP contribution in [0.25, 0.3) is 0 Å². The number of piperazine rings is 1. The summed E-state index contributed by atoms with van der Waals surface area (Å²) in [6.45, 7) is 10.9. The smallest absolute Gasteiger partial charge is 0.168 e. The van der Waals surface area contributed by atoms with Gasteiger partial charge >= 0.3 is 0 Å². The van der Waals surface area contributed by atoms with Gasteiger partial charge in [0.15, 0.2) is 5.82 Å². The van der Waals surface area contributed by atoms with E-state index in [-0.39, 0.29) is 12.4 Å². The summed E-state index contributed by atoms with van der Waals surface area (Å²) in [4.78, 5) is 5.16. The monoisotopic (exact) mass is 418 g/mol. The number of benzene rings is 1. The molecule has 6 nitrogen and oxygen atoms in total. The van der Waals surface area contributed by atoms with Crippen molar-refractivity contribution in [2.24, 2.45) is 0 Å². The van der Waals surface area contributed by atoms with Crippen molar-refractivity contribution in [1.29, 1.82) is 0 Å². The molecule has 1 saturated heterocycles. The third-order valence-electron chi connectivity index (χ3n) is 6.51. The Morgan fingerprint density at radius 1 is 1.07 bits per heavy atom. The summed E-state index contributed by atoms with van der Waals surface area (Å²) in [6.07, 6.45) is 7.32. The molecule has 2 heterocycles. The van der Waals surface area contributed by atoms with E-state index in [9.17, 15) is 0 Å². The molecule has 0 bridgehead atoms. The number of hydrogen-bond donors (Lipinski definition) is 0. The molecule has 7 heteroatoms. The fourth-order valence-electron chi connectivity index (χ4n) is 4.91. The molecule has 1 atom stereocenters. The van der Waals surface area contributed by atoms with Gasteiger partial charge < -0.3 is 4.90 Å². The van der Waals surface area contributed by atoms with Gasteiger partial charge in [-0.2, -0.15) is 0 Å². The molecule has 2 fully saturated rings. The molecule has 29 heavy (non-hydrogen) atoms. The van der Waals surface area contributed by atoms with Crippen LogP contribution >= 0.6 is 12.4 Å². The van der Waals surface area contributed by atoms with Gasteiger partial charge in [0, 0.05) is 31.9 Å². The van der Waals surface area contributed by atoms with Gasteiger partial charge in [-0.05, 0) is 60.7 Å². The molecule has 1 aromatic carbocycles. The van der Waals surface area contributed by atoms with Gasteiger partial charge in [0.2, 0.25) is 0 Å². The molecule has 1 aliphatic heterocycles. The Morgan fingerprint density at radius 3 is 2.48 bits per heavy atom. The Morgan fingerprint density at radius 2 is 1.79 bits per heavy atom. The largest absolute Gasteiger partial charge is 0.369 e. The van der Waals surface area contributed by atoms with Gasteiger partial charge in [0.25, 0.3) is 0 Å². The molecule has 0 spiro atoms. The molecule has 4 rings (SSSR count). The third kappa shape index (κ3) is 4.75. The summed E-state index contributed by atoms with van der Waals surface area (Å²) >= 11 is 0. The van der Waals surface area contributed by atoms with Crippen LogP contribution in [0.3, 0.4) is 0 Å². The maximum atomic E-state index is 4.50. The summed E-state index contributed by atoms with van der Waals surface area (Å²) in [6, 6.07) is 7.61. The highest BCUT2D eigenvalue weighted by atomic mass is 35.5. The standard InChI is InChI=1S/C22H34N6.ClH/c1-4-7-20(22-23-24-25-28(22)19-8-5-6-9-19)26-12-14-27(15-13-26)21-16-17(2)10-11-18(21)3;/h10-11,16,19-20H,4-9,12-15H2,1-3H3;1H. The maximum absolute atomic E-state index is 4.50. The van der Waals surface area contributed by atoms with E-state index < -0.39 is 0 Å². The van der Waals surface area contributed by atoms with E-state index in [1.807, 2.05) is 0 Å². The molecule has 0 N–H and O–H groups in total. The zero-order chi connectivity index (χ0) is 19.5. The number of hydrogen-bond acceptors (Lipinski definition) is 5. The molecule has 0 amide bonds. The van der Waals surface area contributed by atoms with E-state index in [0.717, 1.165) is 44.8 Å². The second-order valence-corrected chi connectivity index (χ2v) is 8.54. The molecule has 1 unspecified atom stereocenters. The third-order valence-corrected chi connectivity index (χ3v) is 6.51. The zero-order valence-corrected chi connectivity index (χ0v) is 18.9. The lowest BCUT2D eigenvalue weighted by molar-refractivity contribution is 0.161. The molecular weight excluding hydrogens is 384 g/mol. The fraction of sp³-hybridized carbons (Fsp3) is 0.682. The first-order valence-corrected chi connectivity index (χ1v) is 11.0. The van der Waals surface area contributed by atoms with E-state index in [2.05, 4.69) is 69.0 Å². The van der Waals surface area contributed by atoms with Crippen LogP contribution in [-0.4, -0.2) is 51.3 Å². The summed E-state index contributed by atoms with van der Waals surface area (Å²) in [5, 5.41) is 13.0. The molecule has 1 aliphatic carbocycles. The summed E-state index contributed by atoms with van der Waals surface area (Å²) < 4.78 is 2.16. The van der Waals surface area contributed by atoms with Crippen molar-refractivity contribution in [2.75, 3.05) is 31.1 Å². The van der Waals surface area contributed by atoms with Crippen molar-refractivity contribution in [1.82, 2.24) is 25.1 Å². The minimum Gasteiger partial charge on any atom is -0.369 e. The van der Waals surface area contributed by atoms with Gasteiger partial charge in [-0.15, -0.1) is 17.5 Å². The fourth-order valence-corrected chi connectivity index (χ4v) is 4.91. The van der Waals surface area contributed by atoms with E-state index in [1.165, 1.54) is 42.5 Å². The Bertz CT molecular complexity index is 777. The van der Waals surface area contributed by atoms with Crippen molar-refractivity contribution in [3.8, 4) is 0 Å². The average molecular weight is 419 g/mol. The lowest BCUT2D eigenvalue weighted by Gasteiger charge is -2.40. The Kier molecular flexibility index (Phi) is 7.52. The predicted molar refractivity (Wildman–Crippen MR) is 120 cm³/mol. The van der Waals surface area contributed by atoms with E-state index >= 15 is 0 Å². The summed E-state index contributed by atoms with van der Waals surface area (Å²) in [7, 11) is 0. The van der Waals surface area contributed by atoms with E-state index in [0.29, 0.717) is 12.1 Å². The van der Waals surface area contributed by atoms with Crippen LogP contribution in [-0.2, 0) is 0 Å². The molecule has 160 valence electrons. The summed E-state index contributed by atoms with van der Waals surface area (Å²) in [5.74, 6) is 1.09. The van der Waals surface area contributed by atoms with Crippen molar-refractivity contribution in [3.05, 3.63) is 35.2 Å². The minimum absolute atomic E-state index is 0. The maximum Gasteiger partial charge on any atom is 0.168 e. The molecule has 0 radical (unpaired) electrons. The van der Waals surface area contributed by atoms with Crippen LogP contribution in [0, 0.1) is 13.8 Å². The number of anilines is 1. The molecule has 2 aromatic rings. The second kappa shape index (κ2) is 9.90. The number of nitrogens with zero attached hydrogens (tertiary/aromatic N) is 6. The first-order valence-electron chi connectivity index (χ1n) is 11.0. The van der Waals surface area contributed by atoms with Gasteiger partial charge in [-0.25, -0.2) is 4.68 Å². The zero-order valence-electron chi connectivity index (χ0n) is 18.0. The van der Waals surface area contributed by atoms with Crippen LogP contribution in [0.5, 0.6) is 0 Å². The normalized spacial score (nSPS) is 19.3. The van der Waals surface area contributed by atoms with Crippen LogP contribution < -0.4 is 4.90 Å². The van der Waals surface area contributed by atoms with Crippen molar-refractivity contribution >= 4 is 18.1 Å². The predicted octanol–water partition coefficient (Wildman–Crippen LogP) is 4.49. The number of halogens is 1. The van der Waals surface area contributed by atoms with E-state index in [1.54, 1.807) is 0 Å². The quantitative estimate of drug-likeness (QED) is 0.691. The molecule has 2 aliphatic rings. The van der Waals surface area contributed by atoms with Crippen LogP contribution in [0.2, 0.25) is 0 Å². The number of aryl methyl sites for hydroxylation is 2.